The Morgan fingerprint density at radius 3 is 2.54 bits per heavy atom. The van der Waals surface area contributed by atoms with Gasteiger partial charge in [0, 0.05) is 13.1 Å². The number of piperidine rings is 1. The number of carbonyl (C=O) groups excluding carboxylic acids is 1. The van der Waals surface area contributed by atoms with Crippen molar-refractivity contribution in [1.29, 1.82) is 0 Å². The van der Waals surface area contributed by atoms with Crippen LogP contribution in [0.5, 0.6) is 0 Å². The number of rotatable bonds is 4. The van der Waals surface area contributed by atoms with Gasteiger partial charge in [0.05, 0.1) is 11.4 Å². The number of carbonyl (C=O) groups is 1. The Hall–Kier alpha value is -1.82. The molecule has 0 N–H and O–H groups in total. The Kier molecular flexibility index (Phi) is 5.70. The predicted molar refractivity (Wildman–Crippen MR) is 106 cm³/mol. The van der Waals surface area contributed by atoms with Gasteiger partial charge in [-0.2, -0.15) is 0 Å². The van der Waals surface area contributed by atoms with Crippen molar-refractivity contribution in [2.45, 2.75) is 46.2 Å². The van der Waals surface area contributed by atoms with Crippen molar-refractivity contribution in [3.05, 3.63) is 35.2 Å². The number of benzene rings is 1. The number of aromatic nitrogens is 3. The summed E-state index contributed by atoms with van der Waals surface area (Å²) < 4.78 is 2.06. The predicted octanol–water partition coefficient (Wildman–Crippen LogP) is 3.79. The average Bonchev–Trinajstić information content (AvgIpc) is 2.94. The Balaban J connectivity index is 1.75. The first kappa shape index (κ1) is 19.0. The molecule has 2 aromatic rings. The smallest absolute Gasteiger partial charge is 0.233 e. The van der Waals surface area contributed by atoms with E-state index in [1.807, 2.05) is 11.8 Å². The summed E-state index contributed by atoms with van der Waals surface area (Å²) >= 11 is 1.48. The van der Waals surface area contributed by atoms with Gasteiger partial charge in [-0.1, -0.05) is 37.7 Å². The van der Waals surface area contributed by atoms with Gasteiger partial charge in [-0.3, -0.25) is 9.36 Å². The molecule has 3 rings (SSSR count). The van der Waals surface area contributed by atoms with Crippen LogP contribution in [-0.2, 0) is 4.79 Å². The summed E-state index contributed by atoms with van der Waals surface area (Å²) in [6.45, 7) is 12.3. The number of hydrogen-bond acceptors (Lipinski definition) is 4. The third-order valence-electron chi connectivity index (χ3n) is 4.95. The van der Waals surface area contributed by atoms with Gasteiger partial charge in [0.15, 0.2) is 5.16 Å². The van der Waals surface area contributed by atoms with Crippen LogP contribution in [-0.4, -0.2) is 44.4 Å². The summed E-state index contributed by atoms with van der Waals surface area (Å²) in [6, 6.07) is 6.36. The second-order valence-electron chi connectivity index (χ2n) is 7.69. The summed E-state index contributed by atoms with van der Waals surface area (Å²) in [5.41, 5.74) is 3.45. The van der Waals surface area contributed by atoms with Crippen LogP contribution >= 0.6 is 11.8 Å². The van der Waals surface area contributed by atoms with E-state index in [-0.39, 0.29) is 5.91 Å². The molecule has 1 fully saturated rings. The normalized spacial score (nSPS) is 20.4. The highest BCUT2D eigenvalue weighted by molar-refractivity contribution is 7.99. The highest BCUT2D eigenvalue weighted by Crippen LogP contribution is 2.26. The first-order valence-electron chi connectivity index (χ1n) is 9.25. The molecule has 0 saturated carbocycles. The lowest BCUT2D eigenvalue weighted by molar-refractivity contribution is -0.130. The molecule has 1 aromatic heterocycles. The number of aryl methyl sites for hydroxylation is 3. The molecule has 140 valence electrons. The maximum Gasteiger partial charge on any atom is 0.233 e. The van der Waals surface area contributed by atoms with Crippen molar-refractivity contribution < 1.29 is 4.79 Å². The minimum absolute atomic E-state index is 0.196. The Morgan fingerprint density at radius 1 is 1.15 bits per heavy atom. The van der Waals surface area contributed by atoms with Gasteiger partial charge < -0.3 is 4.90 Å². The van der Waals surface area contributed by atoms with Crippen LogP contribution in [0.15, 0.2) is 23.4 Å². The molecule has 0 spiro atoms. The van der Waals surface area contributed by atoms with E-state index in [0.29, 0.717) is 17.6 Å². The summed E-state index contributed by atoms with van der Waals surface area (Å²) in [5, 5.41) is 9.34. The van der Waals surface area contributed by atoms with Crippen LogP contribution in [0.3, 0.4) is 0 Å². The van der Waals surface area contributed by atoms with Gasteiger partial charge in [0.1, 0.15) is 5.82 Å². The Labute approximate surface area is 160 Å². The largest absolute Gasteiger partial charge is 0.341 e. The molecule has 0 bridgehead atoms. The fourth-order valence-corrected chi connectivity index (χ4v) is 4.65. The van der Waals surface area contributed by atoms with Gasteiger partial charge in [0.25, 0.3) is 0 Å². The highest BCUT2D eigenvalue weighted by Gasteiger charge is 2.26. The fraction of sp³-hybridized carbons (Fsp3) is 0.550. The van der Waals surface area contributed by atoms with Gasteiger partial charge in [-0.15, -0.1) is 10.2 Å². The summed E-state index contributed by atoms with van der Waals surface area (Å²) in [5.74, 6) is 2.60. The van der Waals surface area contributed by atoms with Crippen molar-refractivity contribution in [3.63, 3.8) is 0 Å². The van der Waals surface area contributed by atoms with E-state index in [0.717, 1.165) is 29.8 Å². The third kappa shape index (κ3) is 4.11. The molecule has 0 radical (unpaired) electrons. The zero-order chi connectivity index (χ0) is 18.8. The maximum absolute atomic E-state index is 12.7. The molecule has 1 aromatic carbocycles. The van der Waals surface area contributed by atoms with E-state index < -0.39 is 0 Å². The number of amides is 1. The molecule has 1 aliphatic heterocycles. The molecular formula is C20H28N4OS. The van der Waals surface area contributed by atoms with Gasteiger partial charge in [-0.05, 0) is 56.2 Å². The molecular weight excluding hydrogens is 344 g/mol. The van der Waals surface area contributed by atoms with Gasteiger partial charge in [-0.25, -0.2) is 0 Å². The lowest BCUT2D eigenvalue weighted by atomic mass is 9.92. The maximum atomic E-state index is 12.7. The second kappa shape index (κ2) is 7.82. The van der Waals surface area contributed by atoms with Crippen LogP contribution < -0.4 is 0 Å². The van der Waals surface area contributed by atoms with Crippen LogP contribution in [0.1, 0.15) is 37.2 Å². The molecule has 0 aliphatic carbocycles. The molecule has 1 amide bonds. The van der Waals surface area contributed by atoms with E-state index in [2.05, 4.69) is 60.7 Å². The topological polar surface area (TPSA) is 51.0 Å². The molecule has 2 heterocycles. The molecule has 1 saturated heterocycles. The molecule has 2 unspecified atom stereocenters. The van der Waals surface area contributed by atoms with Crippen molar-refractivity contribution in [3.8, 4) is 5.69 Å². The first-order chi connectivity index (χ1) is 12.3. The zero-order valence-corrected chi connectivity index (χ0v) is 17.1. The molecule has 1 aliphatic rings. The van der Waals surface area contributed by atoms with E-state index in [4.69, 9.17) is 0 Å². The van der Waals surface area contributed by atoms with Crippen LogP contribution in [0, 0.1) is 32.6 Å². The van der Waals surface area contributed by atoms with Crippen molar-refractivity contribution in [1.82, 2.24) is 19.7 Å². The quantitative estimate of drug-likeness (QED) is 0.766. The minimum Gasteiger partial charge on any atom is -0.341 e. The van der Waals surface area contributed by atoms with E-state index in [1.165, 1.54) is 29.3 Å². The lowest BCUT2D eigenvalue weighted by Gasteiger charge is -2.35. The minimum atomic E-state index is 0.196. The van der Waals surface area contributed by atoms with E-state index in [1.54, 1.807) is 0 Å². The van der Waals surface area contributed by atoms with E-state index >= 15 is 0 Å². The molecule has 26 heavy (non-hydrogen) atoms. The summed E-state index contributed by atoms with van der Waals surface area (Å²) in [6.07, 6.45) is 1.21. The van der Waals surface area contributed by atoms with Gasteiger partial charge in [0.2, 0.25) is 5.91 Å². The number of thioether (sulfide) groups is 1. The average molecular weight is 373 g/mol. The number of likely N-dealkylation sites (tertiary alicyclic amines) is 1. The number of nitrogens with zero attached hydrogens (tertiary/aromatic N) is 4. The summed E-state index contributed by atoms with van der Waals surface area (Å²) in [7, 11) is 0. The molecule has 5 nitrogen and oxygen atoms in total. The fourth-order valence-electron chi connectivity index (χ4n) is 3.76. The number of hydrogen-bond donors (Lipinski definition) is 0. The lowest BCUT2D eigenvalue weighted by Crippen LogP contribution is -2.43. The Morgan fingerprint density at radius 2 is 1.85 bits per heavy atom. The standard InChI is InChI=1S/C20H28N4OS/c1-13-6-7-16(4)18(9-13)24-17(5)21-22-20(24)26-12-19(25)23-10-14(2)8-15(3)11-23/h6-7,9,14-15H,8,10-12H2,1-5H3. The highest BCUT2D eigenvalue weighted by atomic mass is 32.2. The van der Waals surface area contributed by atoms with Gasteiger partial charge >= 0.3 is 0 Å². The van der Waals surface area contributed by atoms with Crippen molar-refractivity contribution >= 4 is 17.7 Å². The van der Waals surface area contributed by atoms with Crippen LogP contribution in [0.25, 0.3) is 5.69 Å². The summed E-state index contributed by atoms with van der Waals surface area (Å²) in [4.78, 5) is 14.7. The molecule has 6 heteroatoms. The monoisotopic (exact) mass is 372 g/mol. The SMILES string of the molecule is Cc1ccc(C)c(-n2c(C)nnc2SCC(=O)N2CC(C)CC(C)C2)c1. The van der Waals surface area contributed by atoms with E-state index in [9.17, 15) is 4.79 Å². The van der Waals surface area contributed by atoms with Crippen LogP contribution in [0.4, 0.5) is 0 Å². The van der Waals surface area contributed by atoms with Crippen molar-refractivity contribution in [2.24, 2.45) is 11.8 Å². The second-order valence-corrected chi connectivity index (χ2v) is 8.63. The zero-order valence-electron chi connectivity index (χ0n) is 16.3. The Bertz CT molecular complexity index is 791. The third-order valence-corrected chi connectivity index (χ3v) is 5.86. The molecule has 2 atom stereocenters. The first-order valence-corrected chi connectivity index (χ1v) is 10.2. The van der Waals surface area contributed by atoms with Crippen LogP contribution in [0.2, 0.25) is 0 Å². The van der Waals surface area contributed by atoms with Crippen molar-refractivity contribution in [2.75, 3.05) is 18.8 Å².